The van der Waals surface area contributed by atoms with E-state index < -0.39 is 21.8 Å². The molecule has 0 spiro atoms. The predicted octanol–water partition coefficient (Wildman–Crippen LogP) is -1.61. The fraction of sp³-hybridized carbons (Fsp3) is 0.800. The molecule has 10 heteroatoms. The molecule has 0 aliphatic carbocycles. The first-order valence-corrected chi connectivity index (χ1v) is 10.2. The second-order valence-corrected chi connectivity index (χ2v) is 8.52. The number of hydrogen-bond donors (Lipinski definition) is 1. The van der Waals surface area contributed by atoms with Crippen molar-refractivity contribution in [3.05, 3.63) is 0 Å². The summed E-state index contributed by atoms with van der Waals surface area (Å²) < 4.78 is 28.0. The van der Waals surface area contributed by atoms with Crippen molar-refractivity contribution >= 4 is 27.6 Å². The lowest BCUT2D eigenvalue weighted by atomic mass is 10.1. The lowest BCUT2D eigenvalue weighted by Crippen LogP contribution is -2.58. The Kier molecular flexibility index (Phi) is 6.39. The van der Waals surface area contributed by atoms with Crippen molar-refractivity contribution in [3.8, 4) is 0 Å². The number of amides is 2. The van der Waals surface area contributed by atoms with Gasteiger partial charge in [0, 0.05) is 25.7 Å². The van der Waals surface area contributed by atoms with Gasteiger partial charge in [0.1, 0.15) is 6.04 Å². The highest BCUT2D eigenvalue weighted by molar-refractivity contribution is 7.91. The van der Waals surface area contributed by atoms with Gasteiger partial charge in [0.2, 0.25) is 11.8 Å². The number of ether oxygens (including phenoxy) is 1. The van der Waals surface area contributed by atoms with Crippen LogP contribution in [0.5, 0.6) is 0 Å². The Hall–Kier alpha value is -1.68. The molecule has 2 amide bonds. The van der Waals surface area contributed by atoms with E-state index in [0.29, 0.717) is 26.1 Å². The van der Waals surface area contributed by atoms with E-state index >= 15 is 0 Å². The summed E-state index contributed by atoms with van der Waals surface area (Å²) in [5.41, 5.74) is 0. The molecule has 0 aromatic carbocycles. The van der Waals surface area contributed by atoms with Crippen LogP contribution in [0.3, 0.4) is 0 Å². The van der Waals surface area contributed by atoms with E-state index in [1.807, 2.05) is 0 Å². The first kappa shape index (κ1) is 19.6. The third-order valence-corrected chi connectivity index (χ3v) is 6.43. The topological polar surface area (TPSA) is 113 Å². The first-order valence-electron chi connectivity index (χ1n) is 8.36. The van der Waals surface area contributed by atoms with Crippen LogP contribution in [0, 0.1) is 0 Å². The quantitative estimate of drug-likeness (QED) is 0.556. The lowest BCUT2D eigenvalue weighted by Gasteiger charge is -2.36. The average molecular weight is 375 g/mol. The third kappa shape index (κ3) is 4.91. The minimum Gasteiger partial charge on any atom is -0.469 e. The monoisotopic (exact) mass is 375 g/mol. The summed E-state index contributed by atoms with van der Waals surface area (Å²) >= 11 is 0. The van der Waals surface area contributed by atoms with E-state index in [2.05, 4.69) is 10.1 Å². The zero-order valence-corrected chi connectivity index (χ0v) is 15.4. The number of carbonyl (C=O) groups is 3. The van der Waals surface area contributed by atoms with Gasteiger partial charge < -0.3 is 15.0 Å². The van der Waals surface area contributed by atoms with Crippen molar-refractivity contribution < 1.29 is 27.5 Å². The molecule has 0 aromatic heterocycles. The van der Waals surface area contributed by atoms with E-state index in [-0.39, 0.29) is 42.3 Å². The maximum Gasteiger partial charge on any atom is 0.307 e. The molecule has 0 unspecified atom stereocenters. The molecule has 2 atom stereocenters. The van der Waals surface area contributed by atoms with Crippen molar-refractivity contribution in [3.63, 3.8) is 0 Å². The summed E-state index contributed by atoms with van der Waals surface area (Å²) in [6, 6.07) is -1.07. The fourth-order valence-electron chi connectivity index (χ4n) is 3.34. The number of esters is 1. The first-order chi connectivity index (χ1) is 11.8. The zero-order chi connectivity index (χ0) is 18.6. The van der Waals surface area contributed by atoms with Crippen LogP contribution in [0.2, 0.25) is 0 Å². The smallest absolute Gasteiger partial charge is 0.307 e. The molecule has 2 heterocycles. The number of hydrogen-bond acceptors (Lipinski definition) is 7. The highest BCUT2D eigenvalue weighted by Crippen LogP contribution is 2.19. The standard InChI is InChI=1S/C15H25N3O6S/c1-3-18(11-4-7-25(22,23)10-11)13(19)9-17-6-5-16-15(21)12(17)8-14(20)24-2/h11-12H,3-10H2,1-2H3,(H,16,21)/t11-,12+/m0/s1. The molecular formula is C15H25N3O6S. The van der Waals surface area contributed by atoms with Crippen LogP contribution in [0.1, 0.15) is 19.8 Å². The number of rotatable bonds is 6. The van der Waals surface area contributed by atoms with Crippen molar-refractivity contribution in [2.24, 2.45) is 0 Å². The molecule has 2 aliphatic heterocycles. The van der Waals surface area contributed by atoms with Crippen molar-refractivity contribution in [1.82, 2.24) is 15.1 Å². The zero-order valence-electron chi connectivity index (χ0n) is 14.6. The van der Waals surface area contributed by atoms with Crippen LogP contribution in [-0.4, -0.2) is 92.9 Å². The van der Waals surface area contributed by atoms with Gasteiger partial charge in [-0.1, -0.05) is 0 Å². The largest absolute Gasteiger partial charge is 0.469 e. The van der Waals surface area contributed by atoms with Gasteiger partial charge in [-0.2, -0.15) is 0 Å². The molecule has 0 aromatic rings. The Labute approximate surface area is 147 Å². The second-order valence-electron chi connectivity index (χ2n) is 6.29. The summed E-state index contributed by atoms with van der Waals surface area (Å²) in [7, 11) is -1.84. The van der Waals surface area contributed by atoms with Crippen LogP contribution in [0.25, 0.3) is 0 Å². The molecule has 2 rings (SSSR count). The van der Waals surface area contributed by atoms with Crippen LogP contribution in [-0.2, 0) is 29.0 Å². The highest BCUT2D eigenvalue weighted by Gasteiger charge is 2.37. The van der Waals surface area contributed by atoms with Crippen LogP contribution in [0.15, 0.2) is 0 Å². The Morgan fingerprint density at radius 2 is 2.12 bits per heavy atom. The SMILES string of the molecule is CCN(C(=O)CN1CCNC(=O)[C@H]1CC(=O)OC)[C@H]1CCS(=O)(=O)C1. The van der Waals surface area contributed by atoms with Gasteiger partial charge in [-0.3, -0.25) is 19.3 Å². The molecule has 2 fully saturated rings. The number of carbonyl (C=O) groups excluding carboxylic acids is 3. The Morgan fingerprint density at radius 1 is 1.40 bits per heavy atom. The Morgan fingerprint density at radius 3 is 2.68 bits per heavy atom. The summed E-state index contributed by atoms with van der Waals surface area (Å²) in [5, 5.41) is 2.68. The van der Waals surface area contributed by atoms with E-state index in [1.165, 1.54) is 7.11 Å². The molecule has 0 saturated carbocycles. The normalized spacial score (nSPS) is 26.1. The van der Waals surface area contributed by atoms with Gasteiger partial charge >= 0.3 is 5.97 Å². The predicted molar refractivity (Wildman–Crippen MR) is 89.4 cm³/mol. The fourth-order valence-corrected chi connectivity index (χ4v) is 5.07. The maximum absolute atomic E-state index is 12.7. The third-order valence-electron chi connectivity index (χ3n) is 4.68. The van der Waals surface area contributed by atoms with E-state index in [9.17, 15) is 22.8 Å². The van der Waals surface area contributed by atoms with Crippen LogP contribution < -0.4 is 5.32 Å². The van der Waals surface area contributed by atoms with Crippen molar-refractivity contribution in [1.29, 1.82) is 0 Å². The number of piperazine rings is 1. The Bertz CT molecular complexity index is 635. The molecule has 2 saturated heterocycles. The molecule has 2 aliphatic rings. The molecule has 25 heavy (non-hydrogen) atoms. The van der Waals surface area contributed by atoms with Crippen LogP contribution in [0.4, 0.5) is 0 Å². The molecule has 0 radical (unpaired) electrons. The van der Waals surface area contributed by atoms with E-state index in [4.69, 9.17) is 0 Å². The second kappa shape index (κ2) is 8.13. The molecule has 0 bridgehead atoms. The molecule has 9 nitrogen and oxygen atoms in total. The number of likely N-dealkylation sites (N-methyl/N-ethyl adjacent to an activating group) is 1. The van der Waals surface area contributed by atoms with Gasteiger partial charge in [0.15, 0.2) is 9.84 Å². The summed E-state index contributed by atoms with van der Waals surface area (Å²) in [4.78, 5) is 39.5. The van der Waals surface area contributed by atoms with Crippen molar-refractivity contribution in [2.75, 3.05) is 44.8 Å². The van der Waals surface area contributed by atoms with Gasteiger partial charge in [-0.25, -0.2) is 8.42 Å². The average Bonchev–Trinajstić information content (AvgIpc) is 2.91. The Balaban J connectivity index is 2.05. The van der Waals surface area contributed by atoms with Gasteiger partial charge in [-0.05, 0) is 13.3 Å². The van der Waals surface area contributed by atoms with E-state index in [0.717, 1.165) is 0 Å². The van der Waals surface area contributed by atoms with Crippen LogP contribution >= 0.6 is 0 Å². The number of sulfone groups is 1. The maximum atomic E-state index is 12.7. The minimum atomic E-state index is -3.09. The molecule has 1 N–H and O–H groups in total. The van der Waals surface area contributed by atoms with Crippen molar-refractivity contribution in [2.45, 2.75) is 31.8 Å². The lowest BCUT2D eigenvalue weighted by molar-refractivity contribution is -0.147. The van der Waals surface area contributed by atoms with E-state index in [1.54, 1.807) is 16.7 Å². The van der Waals surface area contributed by atoms with Gasteiger partial charge in [0.25, 0.3) is 0 Å². The summed E-state index contributed by atoms with van der Waals surface area (Å²) in [6.45, 7) is 3.02. The summed E-state index contributed by atoms with van der Waals surface area (Å²) in [5.74, 6) is -0.976. The highest BCUT2D eigenvalue weighted by atomic mass is 32.2. The molecular weight excluding hydrogens is 350 g/mol. The molecule has 142 valence electrons. The summed E-state index contributed by atoms with van der Waals surface area (Å²) in [6.07, 6.45) is 0.313. The minimum absolute atomic E-state index is 0.0152. The van der Waals surface area contributed by atoms with Gasteiger partial charge in [-0.15, -0.1) is 0 Å². The van der Waals surface area contributed by atoms with Gasteiger partial charge in [0.05, 0.1) is 31.6 Å². The number of methoxy groups -OCH3 is 1. The number of nitrogens with zero attached hydrogens (tertiary/aromatic N) is 2. The number of nitrogens with one attached hydrogen (secondary N) is 1.